The van der Waals surface area contributed by atoms with E-state index in [4.69, 9.17) is 0 Å². The van der Waals surface area contributed by atoms with Crippen LogP contribution in [0.2, 0.25) is 0 Å². The Morgan fingerprint density at radius 1 is 1.21 bits per heavy atom. The van der Waals surface area contributed by atoms with Crippen LogP contribution < -0.4 is 10.9 Å². The standard InChI is InChI=1S/C22H20N4O2S/c1-3-15-6-4-5-7-18(15)24-19(27)13-29-22-25-20(17(12-23)21(28)26-22)16-10-8-14(2)9-11-16/h4-11H,3,13H2,1-2H3,(H,24,27)(H,25,26,28). The van der Waals surface area contributed by atoms with Crippen molar-refractivity contribution in [2.75, 3.05) is 11.1 Å². The van der Waals surface area contributed by atoms with E-state index < -0.39 is 5.56 Å². The molecular formula is C22H20N4O2S. The highest BCUT2D eigenvalue weighted by molar-refractivity contribution is 7.99. The van der Waals surface area contributed by atoms with Gasteiger partial charge in [0.1, 0.15) is 11.6 Å². The summed E-state index contributed by atoms with van der Waals surface area (Å²) in [4.78, 5) is 31.7. The van der Waals surface area contributed by atoms with Crippen molar-refractivity contribution in [2.24, 2.45) is 0 Å². The number of amides is 1. The molecule has 1 aromatic heterocycles. The van der Waals surface area contributed by atoms with Crippen LogP contribution in [0.15, 0.2) is 58.5 Å². The average molecular weight is 404 g/mol. The molecule has 1 amide bonds. The maximum Gasteiger partial charge on any atom is 0.270 e. The quantitative estimate of drug-likeness (QED) is 0.479. The highest BCUT2D eigenvalue weighted by atomic mass is 32.2. The normalized spacial score (nSPS) is 10.4. The monoisotopic (exact) mass is 404 g/mol. The minimum atomic E-state index is -0.516. The predicted molar refractivity (Wildman–Crippen MR) is 115 cm³/mol. The average Bonchev–Trinajstić information content (AvgIpc) is 2.73. The number of nitriles is 1. The van der Waals surface area contributed by atoms with E-state index in [1.807, 2.05) is 68.4 Å². The summed E-state index contributed by atoms with van der Waals surface area (Å²) in [5.74, 6) is -0.111. The molecule has 0 atom stereocenters. The Balaban J connectivity index is 1.79. The van der Waals surface area contributed by atoms with Crippen LogP contribution in [0, 0.1) is 18.3 Å². The Kier molecular flexibility index (Phi) is 6.47. The zero-order valence-electron chi connectivity index (χ0n) is 16.2. The number of carbonyl (C=O) groups excluding carboxylic acids is 1. The summed E-state index contributed by atoms with van der Waals surface area (Å²) >= 11 is 1.12. The van der Waals surface area contributed by atoms with Gasteiger partial charge in [-0.15, -0.1) is 0 Å². The fourth-order valence-corrected chi connectivity index (χ4v) is 3.48. The molecule has 29 heavy (non-hydrogen) atoms. The second-order valence-corrected chi connectivity index (χ2v) is 7.38. The van der Waals surface area contributed by atoms with E-state index in [-0.39, 0.29) is 17.2 Å². The predicted octanol–water partition coefficient (Wildman–Crippen LogP) is 3.91. The van der Waals surface area contributed by atoms with Gasteiger partial charge in [-0.25, -0.2) is 4.98 Å². The number of nitrogens with zero attached hydrogens (tertiary/aromatic N) is 2. The molecule has 0 aliphatic carbocycles. The van der Waals surface area contributed by atoms with Crippen molar-refractivity contribution >= 4 is 23.4 Å². The lowest BCUT2D eigenvalue weighted by molar-refractivity contribution is -0.113. The van der Waals surface area contributed by atoms with Crippen molar-refractivity contribution in [2.45, 2.75) is 25.4 Å². The molecule has 3 rings (SSSR count). The maximum absolute atomic E-state index is 12.4. The Bertz CT molecular complexity index is 1130. The number of aromatic amines is 1. The molecule has 0 saturated carbocycles. The number of anilines is 1. The van der Waals surface area contributed by atoms with Crippen molar-refractivity contribution in [3.63, 3.8) is 0 Å². The molecule has 0 aliphatic heterocycles. The second kappa shape index (κ2) is 9.22. The summed E-state index contributed by atoms with van der Waals surface area (Å²) in [5.41, 5.74) is 3.34. The molecule has 0 bridgehead atoms. The van der Waals surface area contributed by atoms with E-state index in [0.717, 1.165) is 35.0 Å². The highest BCUT2D eigenvalue weighted by Gasteiger charge is 2.15. The van der Waals surface area contributed by atoms with Crippen LogP contribution in [0.3, 0.4) is 0 Å². The van der Waals surface area contributed by atoms with E-state index >= 15 is 0 Å². The Labute approximate surface area is 173 Å². The number of nitrogens with one attached hydrogen (secondary N) is 2. The van der Waals surface area contributed by atoms with Gasteiger partial charge in [-0.3, -0.25) is 9.59 Å². The zero-order valence-corrected chi connectivity index (χ0v) is 17.0. The van der Waals surface area contributed by atoms with Gasteiger partial charge in [0.05, 0.1) is 11.4 Å². The van der Waals surface area contributed by atoms with Gasteiger partial charge in [-0.2, -0.15) is 5.26 Å². The molecule has 3 aromatic rings. The molecule has 1 heterocycles. The number of hydrogen-bond acceptors (Lipinski definition) is 5. The summed E-state index contributed by atoms with van der Waals surface area (Å²) in [7, 11) is 0. The largest absolute Gasteiger partial charge is 0.325 e. The van der Waals surface area contributed by atoms with E-state index in [0.29, 0.717) is 16.4 Å². The minimum absolute atomic E-state index is 0.0421. The molecule has 146 valence electrons. The molecule has 7 heteroatoms. The molecule has 0 saturated heterocycles. The summed E-state index contributed by atoms with van der Waals surface area (Å²) in [5, 5.41) is 12.5. The van der Waals surface area contributed by atoms with E-state index in [2.05, 4.69) is 15.3 Å². The third kappa shape index (κ3) is 4.92. The Hall–Kier alpha value is -3.37. The van der Waals surface area contributed by atoms with Crippen LogP contribution in [-0.4, -0.2) is 21.6 Å². The van der Waals surface area contributed by atoms with Gasteiger partial charge < -0.3 is 10.3 Å². The number of carbonyl (C=O) groups is 1. The van der Waals surface area contributed by atoms with Crippen LogP contribution in [-0.2, 0) is 11.2 Å². The summed E-state index contributed by atoms with van der Waals surface area (Å²) < 4.78 is 0. The third-order valence-corrected chi connectivity index (χ3v) is 5.22. The van der Waals surface area contributed by atoms with Gasteiger partial charge in [0.2, 0.25) is 5.91 Å². The van der Waals surface area contributed by atoms with E-state index in [1.54, 1.807) is 0 Å². The summed E-state index contributed by atoms with van der Waals surface area (Å²) in [6, 6.07) is 17.0. The molecule has 0 spiro atoms. The first kappa shape index (κ1) is 20.4. The van der Waals surface area contributed by atoms with Crippen molar-refractivity contribution in [3.8, 4) is 17.3 Å². The topological polar surface area (TPSA) is 98.6 Å². The summed E-state index contributed by atoms with van der Waals surface area (Å²) in [6.07, 6.45) is 0.813. The van der Waals surface area contributed by atoms with Gasteiger partial charge in [0, 0.05) is 11.3 Å². The Morgan fingerprint density at radius 2 is 1.93 bits per heavy atom. The van der Waals surface area contributed by atoms with Crippen molar-refractivity contribution in [1.82, 2.24) is 9.97 Å². The van der Waals surface area contributed by atoms with Crippen LogP contribution in [0.25, 0.3) is 11.3 Å². The Morgan fingerprint density at radius 3 is 2.62 bits per heavy atom. The third-order valence-electron chi connectivity index (χ3n) is 4.35. The SMILES string of the molecule is CCc1ccccc1NC(=O)CSc1nc(-c2ccc(C)cc2)c(C#N)c(=O)[nH]1. The fraction of sp³-hybridized carbons (Fsp3) is 0.182. The first-order chi connectivity index (χ1) is 14.0. The first-order valence-corrected chi connectivity index (χ1v) is 10.1. The highest BCUT2D eigenvalue weighted by Crippen LogP contribution is 2.23. The lowest BCUT2D eigenvalue weighted by atomic mass is 10.1. The van der Waals surface area contributed by atoms with E-state index in [9.17, 15) is 14.9 Å². The van der Waals surface area contributed by atoms with E-state index in [1.165, 1.54) is 0 Å². The first-order valence-electron chi connectivity index (χ1n) is 9.13. The maximum atomic E-state index is 12.4. The number of H-pyrrole nitrogens is 1. The molecular weight excluding hydrogens is 384 g/mol. The van der Waals surface area contributed by atoms with Crippen LogP contribution in [0.4, 0.5) is 5.69 Å². The molecule has 2 aromatic carbocycles. The lowest BCUT2D eigenvalue weighted by Gasteiger charge is -2.10. The zero-order chi connectivity index (χ0) is 20.8. The molecule has 0 unspecified atom stereocenters. The minimum Gasteiger partial charge on any atom is -0.325 e. The van der Waals surface area contributed by atoms with Crippen molar-refractivity contribution in [3.05, 3.63) is 75.6 Å². The number of aryl methyl sites for hydroxylation is 2. The molecule has 6 nitrogen and oxygen atoms in total. The lowest BCUT2D eigenvalue weighted by Crippen LogP contribution is -2.18. The molecule has 2 N–H and O–H groups in total. The molecule has 0 aliphatic rings. The smallest absolute Gasteiger partial charge is 0.270 e. The fourth-order valence-electron chi connectivity index (χ4n) is 2.82. The van der Waals surface area contributed by atoms with Gasteiger partial charge in [-0.05, 0) is 25.0 Å². The number of hydrogen-bond donors (Lipinski definition) is 2. The number of benzene rings is 2. The number of para-hydroxylation sites is 1. The summed E-state index contributed by atoms with van der Waals surface area (Å²) in [6.45, 7) is 3.98. The van der Waals surface area contributed by atoms with Crippen LogP contribution in [0.5, 0.6) is 0 Å². The van der Waals surface area contributed by atoms with Crippen molar-refractivity contribution < 1.29 is 4.79 Å². The van der Waals surface area contributed by atoms with Crippen molar-refractivity contribution in [1.29, 1.82) is 5.26 Å². The van der Waals surface area contributed by atoms with Gasteiger partial charge in [0.15, 0.2) is 5.16 Å². The van der Waals surface area contributed by atoms with Gasteiger partial charge >= 0.3 is 0 Å². The molecule has 0 radical (unpaired) electrons. The number of rotatable bonds is 6. The van der Waals surface area contributed by atoms with Gasteiger partial charge in [0.25, 0.3) is 5.56 Å². The second-order valence-electron chi connectivity index (χ2n) is 6.42. The van der Waals surface area contributed by atoms with Crippen LogP contribution >= 0.6 is 11.8 Å². The number of aromatic nitrogens is 2. The van der Waals surface area contributed by atoms with Gasteiger partial charge in [-0.1, -0.05) is 66.7 Å². The molecule has 0 fully saturated rings. The van der Waals surface area contributed by atoms with Crippen LogP contribution in [0.1, 0.15) is 23.6 Å². The number of thioether (sulfide) groups is 1.